The Labute approximate surface area is 179 Å². The second-order valence-electron chi connectivity index (χ2n) is 6.77. The maximum absolute atomic E-state index is 12.5. The van der Waals surface area contributed by atoms with Gasteiger partial charge in [0.15, 0.2) is 12.4 Å². The van der Waals surface area contributed by atoms with Crippen LogP contribution in [0.1, 0.15) is 16.1 Å². The SMILES string of the molecule is Cc1c(Cl)cccc1NC(=O)c1ccn(COc2ccc(-c3ccccc3)cc2)n1. The van der Waals surface area contributed by atoms with Crippen LogP contribution in [0, 0.1) is 6.92 Å². The molecule has 0 aliphatic carbocycles. The summed E-state index contributed by atoms with van der Waals surface area (Å²) in [4.78, 5) is 12.5. The Bertz CT molecular complexity index is 1150. The first-order valence-electron chi connectivity index (χ1n) is 9.48. The molecule has 0 saturated heterocycles. The molecule has 0 fully saturated rings. The number of hydrogen-bond donors (Lipinski definition) is 1. The highest BCUT2D eigenvalue weighted by Crippen LogP contribution is 2.24. The van der Waals surface area contributed by atoms with E-state index in [2.05, 4.69) is 22.5 Å². The second-order valence-corrected chi connectivity index (χ2v) is 7.18. The maximum Gasteiger partial charge on any atom is 0.276 e. The maximum atomic E-state index is 12.5. The van der Waals surface area contributed by atoms with E-state index in [4.69, 9.17) is 16.3 Å². The van der Waals surface area contributed by atoms with E-state index in [0.29, 0.717) is 16.4 Å². The van der Waals surface area contributed by atoms with Crippen molar-refractivity contribution in [3.8, 4) is 16.9 Å². The van der Waals surface area contributed by atoms with Crippen molar-refractivity contribution in [1.82, 2.24) is 9.78 Å². The molecule has 1 aromatic heterocycles. The summed E-state index contributed by atoms with van der Waals surface area (Å²) in [6.45, 7) is 2.06. The van der Waals surface area contributed by atoms with Crippen molar-refractivity contribution in [2.24, 2.45) is 0 Å². The van der Waals surface area contributed by atoms with E-state index in [-0.39, 0.29) is 12.6 Å². The number of hydrogen-bond acceptors (Lipinski definition) is 3. The summed E-state index contributed by atoms with van der Waals surface area (Å²) in [6.07, 6.45) is 1.71. The first-order chi connectivity index (χ1) is 14.6. The molecule has 0 unspecified atom stereocenters. The van der Waals surface area contributed by atoms with Gasteiger partial charge < -0.3 is 10.1 Å². The first-order valence-corrected chi connectivity index (χ1v) is 9.86. The number of carbonyl (C=O) groups excluding carboxylic acids is 1. The van der Waals surface area contributed by atoms with Gasteiger partial charge in [-0.2, -0.15) is 5.10 Å². The van der Waals surface area contributed by atoms with E-state index >= 15 is 0 Å². The lowest BCUT2D eigenvalue weighted by atomic mass is 10.1. The van der Waals surface area contributed by atoms with Gasteiger partial charge in [-0.25, -0.2) is 4.68 Å². The van der Waals surface area contributed by atoms with Gasteiger partial charge in [0, 0.05) is 16.9 Å². The predicted molar refractivity (Wildman–Crippen MR) is 119 cm³/mol. The van der Waals surface area contributed by atoms with Crippen molar-refractivity contribution in [2.75, 3.05) is 5.32 Å². The Morgan fingerprint density at radius 3 is 2.47 bits per heavy atom. The van der Waals surface area contributed by atoms with Crippen molar-refractivity contribution in [3.05, 3.63) is 101 Å². The summed E-state index contributed by atoms with van der Waals surface area (Å²) in [5, 5.41) is 7.72. The smallest absolute Gasteiger partial charge is 0.276 e. The van der Waals surface area contributed by atoms with Gasteiger partial charge >= 0.3 is 0 Å². The molecule has 30 heavy (non-hydrogen) atoms. The first kappa shape index (κ1) is 19.7. The molecule has 1 amide bonds. The lowest BCUT2D eigenvalue weighted by Gasteiger charge is -2.09. The zero-order chi connectivity index (χ0) is 20.9. The Hall–Kier alpha value is -3.57. The molecule has 0 saturated carbocycles. The molecular weight excluding hydrogens is 398 g/mol. The highest BCUT2D eigenvalue weighted by molar-refractivity contribution is 6.31. The molecule has 0 aliphatic rings. The predicted octanol–water partition coefficient (Wildman–Crippen LogP) is 5.80. The topological polar surface area (TPSA) is 56.2 Å². The summed E-state index contributed by atoms with van der Waals surface area (Å²) in [7, 11) is 0. The lowest BCUT2D eigenvalue weighted by molar-refractivity contribution is 0.102. The van der Waals surface area contributed by atoms with Gasteiger partial charge in [0.1, 0.15) is 5.75 Å². The van der Waals surface area contributed by atoms with E-state index in [1.165, 1.54) is 0 Å². The Balaban J connectivity index is 1.36. The van der Waals surface area contributed by atoms with Crippen LogP contribution in [0.3, 0.4) is 0 Å². The fourth-order valence-electron chi connectivity index (χ4n) is 3.00. The van der Waals surface area contributed by atoms with Gasteiger partial charge in [-0.3, -0.25) is 4.79 Å². The van der Waals surface area contributed by atoms with Crippen LogP contribution in [-0.4, -0.2) is 15.7 Å². The number of nitrogens with one attached hydrogen (secondary N) is 1. The number of nitrogens with zero attached hydrogens (tertiary/aromatic N) is 2. The number of halogens is 1. The molecule has 4 aromatic rings. The number of carbonyl (C=O) groups is 1. The number of anilines is 1. The molecule has 0 spiro atoms. The van der Waals surface area contributed by atoms with Gasteiger partial charge in [-0.05, 0) is 53.9 Å². The van der Waals surface area contributed by atoms with Crippen LogP contribution in [0.2, 0.25) is 5.02 Å². The van der Waals surface area contributed by atoms with Crippen LogP contribution in [-0.2, 0) is 6.73 Å². The largest absolute Gasteiger partial charge is 0.471 e. The molecule has 6 heteroatoms. The monoisotopic (exact) mass is 417 g/mol. The van der Waals surface area contributed by atoms with Crippen molar-refractivity contribution in [3.63, 3.8) is 0 Å². The van der Waals surface area contributed by atoms with Crippen LogP contribution in [0.5, 0.6) is 5.75 Å². The molecule has 0 bridgehead atoms. The minimum atomic E-state index is -0.300. The highest BCUT2D eigenvalue weighted by Gasteiger charge is 2.12. The molecular formula is C24H20ClN3O2. The van der Waals surface area contributed by atoms with E-state index < -0.39 is 0 Å². The molecule has 0 atom stereocenters. The third kappa shape index (κ3) is 4.53. The molecule has 0 aliphatic heterocycles. The average molecular weight is 418 g/mol. The summed E-state index contributed by atoms with van der Waals surface area (Å²) >= 11 is 6.10. The highest BCUT2D eigenvalue weighted by atomic mass is 35.5. The third-order valence-electron chi connectivity index (χ3n) is 4.71. The molecule has 1 N–H and O–H groups in total. The Morgan fingerprint density at radius 2 is 1.70 bits per heavy atom. The van der Waals surface area contributed by atoms with E-state index in [1.54, 1.807) is 35.1 Å². The van der Waals surface area contributed by atoms with Crippen molar-refractivity contribution in [2.45, 2.75) is 13.7 Å². The molecule has 4 rings (SSSR count). The number of rotatable bonds is 6. The zero-order valence-electron chi connectivity index (χ0n) is 16.4. The van der Waals surface area contributed by atoms with Crippen molar-refractivity contribution >= 4 is 23.2 Å². The van der Waals surface area contributed by atoms with Crippen LogP contribution >= 0.6 is 11.6 Å². The fourth-order valence-corrected chi connectivity index (χ4v) is 3.17. The quantitative estimate of drug-likeness (QED) is 0.431. The number of aromatic nitrogens is 2. The van der Waals surface area contributed by atoms with E-state index in [9.17, 15) is 4.79 Å². The Morgan fingerprint density at radius 1 is 0.967 bits per heavy atom. The van der Waals surface area contributed by atoms with Gasteiger partial charge in [0.2, 0.25) is 0 Å². The van der Waals surface area contributed by atoms with Gasteiger partial charge in [0.25, 0.3) is 5.91 Å². The summed E-state index contributed by atoms with van der Waals surface area (Å²) in [5.74, 6) is 0.428. The molecule has 0 radical (unpaired) electrons. The van der Waals surface area contributed by atoms with Gasteiger partial charge in [0.05, 0.1) is 0 Å². The normalized spacial score (nSPS) is 10.6. The average Bonchev–Trinajstić information content (AvgIpc) is 3.26. The number of ether oxygens (including phenoxy) is 1. The fraction of sp³-hybridized carbons (Fsp3) is 0.0833. The summed E-state index contributed by atoms with van der Waals surface area (Å²) in [5.41, 5.74) is 4.06. The zero-order valence-corrected chi connectivity index (χ0v) is 17.1. The van der Waals surface area contributed by atoms with Crippen molar-refractivity contribution < 1.29 is 9.53 Å². The molecule has 1 heterocycles. The Kier molecular flexibility index (Phi) is 5.82. The van der Waals surface area contributed by atoms with Crippen molar-refractivity contribution in [1.29, 1.82) is 0 Å². The number of amides is 1. The third-order valence-corrected chi connectivity index (χ3v) is 5.12. The van der Waals surface area contributed by atoms with Gasteiger partial charge in [-0.15, -0.1) is 0 Å². The van der Waals surface area contributed by atoms with Crippen LogP contribution in [0.25, 0.3) is 11.1 Å². The number of benzene rings is 3. The van der Waals surface area contributed by atoms with E-state index in [0.717, 1.165) is 22.4 Å². The second kappa shape index (κ2) is 8.84. The van der Waals surface area contributed by atoms with Crippen LogP contribution < -0.4 is 10.1 Å². The molecule has 150 valence electrons. The summed E-state index contributed by atoms with van der Waals surface area (Å²) < 4.78 is 7.35. The minimum Gasteiger partial charge on any atom is -0.471 e. The van der Waals surface area contributed by atoms with Crippen LogP contribution in [0.15, 0.2) is 85.1 Å². The van der Waals surface area contributed by atoms with Crippen LogP contribution in [0.4, 0.5) is 5.69 Å². The van der Waals surface area contributed by atoms with E-state index in [1.807, 2.05) is 49.4 Å². The summed E-state index contributed by atoms with van der Waals surface area (Å²) in [6, 6.07) is 25.0. The molecule has 5 nitrogen and oxygen atoms in total. The molecule has 3 aromatic carbocycles. The standard InChI is InChI=1S/C24H20ClN3O2/c1-17-21(25)8-5-9-22(17)26-24(29)23-14-15-28(27-23)16-30-20-12-10-19(11-13-20)18-6-3-2-4-7-18/h2-15H,16H2,1H3,(H,26,29). The van der Waals surface area contributed by atoms with Gasteiger partial charge in [-0.1, -0.05) is 60.1 Å². The lowest BCUT2D eigenvalue weighted by Crippen LogP contribution is -2.15. The minimum absolute atomic E-state index is 0.203.